The summed E-state index contributed by atoms with van der Waals surface area (Å²) in [7, 11) is 1.58. The van der Waals surface area contributed by atoms with Gasteiger partial charge in [-0.2, -0.15) is 0 Å². The zero-order valence-electron chi connectivity index (χ0n) is 11.5. The lowest BCUT2D eigenvalue weighted by Crippen LogP contribution is -2.05. The zero-order valence-corrected chi connectivity index (χ0v) is 11.5. The largest absolute Gasteiger partial charge is 0.491 e. The van der Waals surface area contributed by atoms with Crippen LogP contribution in [0.15, 0.2) is 42.5 Å². The topological polar surface area (TPSA) is 55.8 Å². The number of aromatic carboxylic acids is 1. The highest BCUT2D eigenvalue weighted by Gasteiger charge is 2.13. The van der Waals surface area contributed by atoms with E-state index in [2.05, 4.69) is 0 Å². The van der Waals surface area contributed by atoms with E-state index >= 15 is 0 Å². The summed E-state index contributed by atoms with van der Waals surface area (Å²) < 4.78 is 24.0. The summed E-state index contributed by atoms with van der Waals surface area (Å²) in [5, 5.41) is 8.99. The van der Waals surface area contributed by atoms with Gasteiger partial charge in [0.25, 0.3) is 0 Å². The highest BCUT2D eigenvalue weighted by Crippen LogP contribution is 2.31. The molecule has 2 rings (SSSR count). The lowest BCUT2D eigenvalue weighted by molar-refractivity contribution is 0.0692. The fourth-order valence-corrected chi connectivity index (χ4v) is 1.92. The Morgan fingerprint density at radius 3 is 2.67 bits per heavy atom. The van der Waals surface area contributed by atoms with Crippen LogP contribution in [0.2, 0.25) is 0 Å². The van der Waals surface area contributed by atoms with Gasteiger partial charge in [0.15, 0.2) is 0 Å². The van der Waals surface area contributed by atoms with E-state index < -0.39 is 11.8 Å². The smallest absolute Gasteiger partial charge is 0.338 e. The normalized spacial score (nSPS) is 10.4. The number of rotatable bonds is 6. The molecular formula is C16H15FO4. The number of halogens is 1. The van der Waals surface area contributed by atoms with Gasteiger partial charge in [-0.15, -0.1) is 0 Å². The van der Waals surface area contributed by atoms with Crippen molar-refractivity contribution in [3.8, 4) is 16.9 Å². The Bertz CT molecular complexity index is 640. The van der Waals surface area contributed by atoms with Crippen LogP contribution in [0, 0.1) is 5.82 Å². The van der Waals surface area contributed by atoms with E-state index in [1.807, 2.05) is 12.1 Å². The third kappa shape index (κ3) is 3.58. The van der Waals surface area contributed by atoms with Crippen LogP contribution in [0.5, 0.6) is 5.75 Å². The van der Waals surface area contributed by atoms with Crippen LogP contribution < -0.4 is 4.74 Å². The SMILES string of the molecule is COCCOc1ccccc1-c1ccc(F)c(C(=O)O)c1. The number of para-hydroxylation sites is 1. The van der Waals surface area contributed by atoms with E-state index in [-0.39, 0.29) is 5.56 Å². The van der Waals surface area contributed by atoms with Crippen LogP contribution in [-0.4, -0.2) is 31.4 Å². The summed E-state index contributed by atoms with van der Waals surface area (Å²) in [4.78, 5) is 11.0. The Morgan fingerprint density at radius 2 is 1.95 bits per heavy atom. The minimum Gasteiger partial charge on any atom is -0.491 e. The van der Waals surface area contributed by atoms with E-state index in [0.29, 0.717) is 30.1 Å². The first kappa shape index (κ1) is 15.0. The Kier molecular flexibility index (Phi) is 4.90. The molecule has 4 nitrogen and oxygen atoms in total. The van der Waals surface area contributed by atoms with Gasteiger partial charge in [0.2, 0.25) is 0 Å². The van der Waals surface area contributed by atoms with Gasteiger partial charge in [0.05, 0.1) is 12.2 Å². The first-order valence-electron chi connectivity index (χ1n) is 6.37. The van der Waals surface area contributed by atoms with Crippen molar-refractivity contribution in [3.63, 3.8) is 0 Å². The number of hydrogen-bond donors (Lipinski definition) is 1. The van der Waals surface area contributed by atoms with Crippen LogP contribution >= 0.6 is 0 Å². The van der Waals surface area contributed by atoms with Crippen molar-refractivity contribution < 1.29 is 23.8 Å². The summed E-state index contributed by atoms with van der Waals surface area (Å²) in [5.41, 5.74) is 0.928. The molecule has 2 aromatic carbocycles. The molecule has 0 fully saturated rings. The molecule has 0 aliphatic carbocycles. The second kappa shape index (κ2) is 6.85. The molecule has 0 aromatic heterocycles. The van der Waals surface area contributed by atoms with Crippen molar-refractivity contribution in [1.29, 1.82) is 0 Å². The molecule has 110 valence electrons. The number of carbonyl (C=O) groups is 1. The predicted molar refractivity (Wildman–Crippen MR) is 76.2 cm³/mol. The molecule has 0 atom stereocenters. The third-order valence-electron chi connectivity index (χ3n) is 2.94. The van der Waals surface area contributed by atoms with E-state index in [0.717, 1.165) is 6.07 Å². The minimum atomic E-state index is -1.30. The second-order valence-corrected chi connectivity index (χ2v) is 4.34. The van der Waals surface area contributed by atoms with Gasteiger partial charge in [-0.1, -0.05) is 24.3 Å². The van der Waals surface area contributed by atoms with Crippen LogP contribution in [0.1, 0.15) is 10.4 Å². The maximum absolute atomic E-state index is 13.5. The first-order chi connectivity index (χ1) is 10.1. The molecule has 2 aromatic rings. The molecular weight excluding hydrogens is 275 g/mol. The number of carboxylic acids is 1. The molecule has 21 heavy (non-hydrogen) atoms. The molecule has 0 aliphatic rings. The zero-order chi connectivity index (χ0) is 15.2. The molecule has 0 spiro atoms. The monoisotopic (exact) mass is 290 g/mol. The number of carboxylic acid groups (broad SMARTS) is 1. The van der Waals surface area contributed by atoms with Crippen molar-refractivity contribution in [2.45, 2.75) is 0 Å². The third-order valence-corrected chi connectivity index (χ3v) is 2.94. The predicted octanol–water partition coefficient (Wildman–Crippen LogP) is 3.22. The van der Waals surface area contributed by atoms with Crippen molar-refractivity contribution in [2.75, 3.05) is 20.3 Å². The molecule has 0 bridgehead atoms. The van der Waals surface area contributed by atoms with Crippen molar-refractivity contribution >= 4 is 5.97 Å². The number of methoxy groups -OCH3 is 1. The Morgan fingerprint density at radius 1 is 1.19 bits per heavy atom. The molecule has 0 saturated heterocycles. The van der Waals surface area contributed by atoms with Gasteiger partial charge in [-0.25, -0.2) is 9.18 Å². The average Bonchev–Trinajstić information content (AvgIpc) is 2.48. The summed E-state index contributed by atoms with van der Waals surface area (Å²) in [6.45, 7) is 0.818. The molecule has 1 N–H and O–H groups in total. The van der Waals surface area contributed by atoms with E-state index in [9.17, 15) is 9.18 Å². The van der Waals surface area contributed by atoms with Gasteiger partial charge >= 0.3 is 5.97 Å². The molecule has 5 heteroatoms. The van der Waals surface area contributed by atoms with E-state index in [4.69, 9.17) is 14.6 Å². The van der Waals surface area contributed by atoms with Gasteiger partial charge in [-0.05, 0) is 23.8 Å². The fourth-order valence-electron chi connectivity index (χ4n) is 1.92. The van der Waals surface area contributed by atoms with E-state index in [1.165, 1.54) is 12.1 Å². The molecule has 0 radical (unpaired) electrons. The van der Waals surface area contributed by atoms with Crippen LogP contribution in [-0.2, 0) is 4.74 Å². The maximum Gasteiger partial charge on any atom is 0.338 e. The second-order valence-electron chi connectivity index (χ2n) is 4.34. The molecule has 0 saturated carbocycles. The van der Waals surface area contributed by atoms with Gasteiger partial charge in [0.1, 0.15) is 18.2 Å². The highest BCUT2D eigenvalue weighted by molar-refractivity contribution is 5.90. The highest BCUT2D eigenvalue weighted by atomic mass is 19.1. The van der Waals surface area contributed by atoms with Crippen LogP contribution in [0.25, 0.3) is 11.1 Å². The summed E-state index contributed by atoms with van der Waals surface area (Å²) >= 11 is 0. The Balaban J connectivity index is 2.37. The fraction of sp³-hybridized carbons (Fsp3) is 0.188. The minimum absolute atomic E-state index is 0.362. The number of hydrogen-bond acceptors (Lipinski definition) is 3. The lowest BCUT2D eigenvalue weighted by atomic mass is 10.0. The van der Waals surface area contributed by atoms with Gasteiger partial charge in [-0.3, -0.25) is 0 Å². The Labute approximate surface area is 121 Å². The standard InChI is InChI=1S/C16H15FO4/c1-20-8-9-21-15-5-3-2-4-12(15)11-6-7-14(17)13(10-11)16(18)19/h2-7,10H,8-9H2,1H3,(H,18,19). The average molecular weight is 290 g/mol. The molecule has 0 unspecified atom stereocenters. The van der Waals surface area contributed by atoms with Crippen LogP contribution in [0.3, 0.4) is 0 Å². The molecule has 0 heterocycles. The van der Waals surface area contributed by atoms with Gasteiger partial charge in [0, 0.05) is 12.7 Å². The van der Waals surface area contributed by atoms with Crippen molar-refractivity contribution in [3.05, 3.63) is 53.8 Å². The van der Waals surface area contributed by atoms with Crippen molar-refractivity contribution in [2.24, 2.45) is 0 Å². The quantitative estimate of drug-likeness (QED) is 0.830. The summed E-state index contributed by atoms with van der Waals surface area (Å²) in [6.07, 6.45) is 0. The Hall–Kier alpha value is -2.40. The molecule has 0 amide bonds. The lowest BCUT2D eigenvalue weighted by Gasteiger charge is -2.12. The van der Waals surface area contributed by atoms with Gasteiger partial charge < -0.3 is 14.6 Å². The summed E-state index contributed by atoms with van der Waals surface area (Å²) in [5.74, 6) is -1.46. The first-order valence-corrected chi connectivity index (χ1v) is 6.37. The maximum atomic E-state index is 13.5. The van der Waals surface area contributed by atoms with E-state index in [1.54, 1.807) is 19.2 Å². The number of benzene rings is 2. The number of ether oxygens (including phenoxy) is 2. The van der Waals surface area contributed by atoms with Crippen LogP contribution in [0.4, 0.5) is 4.39 Å². The summed E-state index contributed by atoms with van der Waals surface area (Å²) in [6, 6.07) is 11.2. The molecule has 0 aliphatic heterocycles. The van der Waals surface area contributed by atoms with Crippen molar-refractivity contribution in [1.82, 2.24) is 0 Å².